The highest BCUT2D eigenvalue weighted by atomic mass is 16.2. The van der Waals surface area contributed by atoms with Gasteiger partial charge in [-0.2, -0.15) is 0 Å². The van der Waals surface area contributed by atoms with Gasteiger partial charge in [-0.15, -0.1) is 0 Å². The predicted octanol–water partition coefficient (Wildman–Crippen LogP) is 0.346. The number of fused-ring (bicyclic) bond motifs is 1. The molecule has 7 heteroatoms. The highest BCUT2D eigenvalue weighted by Crippen LogP contribution is 2.16. The minimum absolute atomic E-state index is 0.0253. The van der Waals surface area contributed by atoms with Gasteiger partial charge in [-0.05, 0) is 20.3 Å². The number of rotatable bonds is 4. The maximum absolute atomic E-state index is 12.4. The van der Waals surface area contributed by atoms with E-state index in [1.54, 1.807) is 9.13 Å². The molecule has 7 nitrogen and oxygen atoms in total. The van der Waals surface area contributed by atoms with E-state index in [4.69, 9.17) is 5.73 Å². The first-order valence-corrected chi connectivity index (χ1v) is 6.88. The summed E-state index contributed by atoms with van der Waals surface area (Å²) in [6.45, 7) is 6.70. The zero-order valence-electron chi connectivity index (χ0n) is 12.4. The Hall–Kier alpha value is -1.89. The van der Waals surface area contributed by atoms with Crippen LogP contribution in [0.3, 0.4) is 0 Å². The van der Waals surface area contributed by atoms with Crippen molar-refractivity contribution < 1.29 is 0 Å². The molecule has 0 saturated carbocycles. The van der Waals surface area contributed by atoms with E-state index < -0.39 is 0 Å². The fourth-order valence-electron chi connectivity index (χ4n) is 2.44. The Labute approximate surface area is 116 Å². The maximum Gasteiger partial charge on any atom is 0.332 e. The minimum Gasteiger partial charge on any atom is -0.324 e. The number of nitrogens with two attached hydrogens (primary N) is 1. The normalized spacial score (nSPS) is 13.1. The molecule has 0 aliphatic carbocycles. The fourth-order valence-corrected chi connectivity index (χ4v) is 2.44. The number of hydrogen-bond acceptors (Lipinski definition) is 4. The second-order valence-corrected chi connectivity index (χ2v) is 4.92. The molecule has 2 heterocycles. The lowest BCUT2D eigenvalue weighted by molar-refractivity contribution is 0.499. The molecule has 0 fully saturated rings. The summed E-state index contributed by atoms with van der Waals surface area (Å²) < 4.78 is 4.51. The largest absolute Gasteiger partial charge is 0.332 e. The number of aryl methyl sites for hydroxylation is 1. The lowest BCUT2D eigenvalue weighted by Crippen LogP contribution is -2.39. The molecule has 0 aliphatic heterocycles. The molecule has 0 aliphatic rings. The summed E-state index contributed by atoms with van der Waals surface area (Å²) in [5, 5.41) is 0. The van der Waals surface area contributed by atoms with Crippen molar-refractivity contribution in [3.63, 3.8) is 0 Å². The zero-order valence-corrected chi connectivity index (χ0v) is 12.4. The van der Waals surface area contributed by atoms with Crippen LogP contribution in [-0.4, -0.2) is 18.7 Å². The highest BCUT2D eigenvalue weighted by Gasteiger charge is 2.20. The van der Waals surface area contributed by atoms with Gasteiger partial charge in [0, 0.05) is 19.6 Å². The molecular weight excluding hydrogens is 258 g/mol. The molecule has 0 spiro atoms. The van der Waals surface area contributed by atoms with Crippen LogP contribution >= 0.6 is 0 Å². The van der Waals surface area contributed by atoms with Crippen LogP contribution in [0.5, 0.6) is 0 Å². The predicted molar refractivity (Wildman–Crippen MR) is 77.8 cm³/mol. The van der Waals surface area contributed by atoms with Crippen molar-refractivity contribution in [3.8, 4) is 0 Å². The molecule has 0 amide bonds. The van der Waals surface area contributed by atoms with E-state index >= 15 is 0 Å². The van der Waals surface area contributed by atoms with Crippen molar-refractivity contribution in [2.45, 2.75) is 46.3 Å². The smallest absolute Gasteiger partial charge is 0.324 e. The molecule has 0 aromatic carbocycles. The first kappa shape index (κ1) is 14.5. The Morgan fingerprint density at radius 3 is 2.45 bits per heavy atom. The standard InChI is InChI=1S/C13H21N5O2/c1-5-8(3)18-11-10(12(19)16(4)13(18)20)17(6-2)9(7-14)15-11/h8H,5-7,14H2,1-4H3. The van der Waals surface area contributed by atoms with Crippen LogP contribution in [0.4, 0.5) is 0 Å². The van der Waals surface area contributed by atoms with E-state index in [2.05, 4.69) is 4.98 Å². The van der Waals surface area contributed by atoms with Gasteiger partial charge in [0.25, 0.3) is 5.56 Å². The summed E-state index contributed by atoms with van der Waals surface area (Å²) in [7, 11) is 1.50. The van der Waals surface area contributed by atoms with Crippen LogP contribution in [0.25, 0.3) is 11.2 Å². The van der Waals surface area contributed by atoms with Crippen LogP contribution in [-0.2, 0) is 20.1 Å². The van der Waals surface area contributed by atoms with Gasteiger partial charge in [0.05, 0.1) is 6.54 Å². The average Bonchev–Trinajstić information content (AvgIpc) is 2.82. The Morgan fingerprint density at radius 1 is 1.30 bits per heavy atom. The van der Waals surface area contributed by atoms with Crippen molar-refractivity contribution in [3.05, 3.63) is 26.7 Å². The van der Waals surface area contributed by atoms with Crippen molar-refractivity contribution in [2.24, 2.45) is 12.8 Å². The lowest BCUT2D eigenvalue weighted by atomic mass is 10.2. The third kappa shape index (κ3) is 1.89. The third-order valence-corrected chi connectivity index (χ3v) is 3.79. The van der Waals surface area contributed by atoms with Gasteiger partial charge in [0.1, 0.15) is 5.82 Å². The average molecular weight is 279 g/mol. The van der Waals surface area contributed by atoms with Crippen molar-refractivity contribution in [2.75, 3.05) is 0 Å². The summed E-state index contributed by atoms with van der Waals surface area (Å²) in [4.78, 5) is 29.1. The molecule has 1 unspecified atom stereocenters. The number of aromatic nitrogens is 4. The van der Waals surface area contributed by atoms with Crippen LogP contribution in [0, 0.1) is 0 Å². The van der Waals surface area contributed by atoms with Crippen LogP contribution in [0.1, 0.15) is 39.1 Å². The van der Waals surface area contributed by atoms with Gasteiger partial charge in [0.15, 0.2) is 11.2 Å². The zero-order chi connectivity index (χ0) is 15.0. The van der Waals surface area contributed by atoms with Gasteiger partial charge < -0.3 is 10.3 Å². The monoisotopic (exact) mass is 279 g/mol. The van der Waals surface area contributed by atoms with Gasteiger partial charge in [-0.3, -0.25) is 13.9 Å². The molecule has 2 aromatic rings. The summed E-state index contributed by atoms with van der Waals surface area (Å²) in [5.74, 6) is 0.627. The molecule has 0 radical (unpaired) electrons. The second-order valence-electron chi connectivity index (χ2n) is 4.92. The third-order valence-electron chi connectivity index (χ3n) is 3.79. The summed E-state index contributed by atoms with van der Waals surface area (Å²) in [6.07, 6.45) is 0.782. The Kier molecular flexibility index (Phi) is 3.80. The number of hydrogen-bond donors (Lipinski definition) is 1. The molecule has 2 rings (SSSR count). The first-order valence-electron chi connectivity index (χ1n) is 6.88. The van der Waals surface area contributed by atoms with Crippen molar-refractivity contribution >= 4 is 11.2 Å². The van der Waals surface area contributed by atoms with Gasteiger partial charge in [-0.25, -0.2) is 9.78 Å². The van der Waals surface area contributed by atoms with Crippen LogP contribution in [0.2, 0.25) is 0 Å². The fraction of sp³-hybridized carbons (Fsp3) is 0.615. The second kappa shape index (κ2) is 5.24. The summed E-state index contributed by atoms with van der Waals surface area (Å²) >= 11 is 0. The van der Waals surface area contributed by atoms with Crippen molar-refractivity contribution in [1.29, 1.82) is 0 Å². The van der Waals surface area contributed by atoms with E-state index in [0.717, 1.165) is 11.0 Å². The molecule has 110 valence electrons. The Balaban J connectivity index is 3.04. The van der Waals surface area contributed by atoms with E-state index in [0.29, 0.717) is 23.5 Å². The van der Waals surface area contributed by atoms with Crippen LogP contribution < -0.4 is 17.0 Å². The minimum atomic E-state index is -0.332. The number of imidazole rings is 1. The topological polar surface area (TPSA) is 87.8 Å². The maximum atomic E-state index is 12.4. The van der Waals surface area contributed by atoms with Crippen LogP contribution in [0.15, 0.2) is 9.59 Å². The Bertz CT molecular complexity index is 753. The molecular formula is C13H21N5O2. The molecule has 0 saturated heterocycles. The van der Waals surface area contributed by atoms with E-state index in [9.17, 15) is 9.59 Å². The molecule has 20 heavy (non-hydrogen) atoms. The van der Waals surface area contributed by atoms with Crippen molar-refractivity contribution in [1.82, 2.24) is 18.7 Å². The molecule has 0 bridgehead atoms. The van der Waals surface area contributed by atoms with Gasteiger partial charge in [-0.1, -0.05) is 6.92 Å². The summed E-state index contributed by atoms with van der Waals surface area (Å²) in [5.41, 5.74) is 5.94. The van der Waals surface area contributed by atoms with E-state index in [-0.39, 0.29) is 23.8 Å². The SMILES string of the molecule is CCC(C)n1c(=O)n(C)c(=O)c2c1nc(CN)n2CC. The van der Waals surface area contributed by atoms with Gasteiger partial charge >= 0.3 is 5.69 Å². The summed E-state index contributed by atoms with van der Waals surface area (Å²) in [6, 6.07) is -0.0253. The lowest BCUT2D eigenvalue weighted by Gasteiger charge is -2.14. The van der Waals surface area contributed by atoms with E-state index in [1.165, 1.54) is 7.05 Å². The quantitative estimate of drug-likeness (QED) is 0.874. The first-order chi connectivity index (χ1) is 9.47. The van der Waals surface area contributed by atoms with E-state index in [1.807, 2.05) is 20.8 Å². The molecule has 1 atom stereocenters. The highest BCUT2D eigenvalue weighted by molar-refractivity contribution is 5.71. The Morgan fingerprint density at radius 2 is 1.95 bits per heavy atom. The molecule has 2 aromatic heterocycles. The number of nitrogens with zero attached hydrogens (tertiary/aromatic N) is 4. The molecule has 2 N–H and O–H groups in total. The van der Waals surface area contributed by atoms with Gasteiger partial charge in [0.2, 0.25) is 0 Å².